The Balaban J connectivity index is 2.54. The molecule has 3 unspecified atom stereocenters. The molecule has 0 saturated carbocycles. The summed E-state index contributed by atoms with van der Waals surface area (Å²) >= 11 is 0. The molecule has 8 nitrogen and oxygen atoms in total. The van der Waals surface area contributed by atoms with E-state index in [1.54, 1.807) is 13.8 Å². The topological polar surface area (TPSA) is 105 Å². The number of hydrogen-bond donors (Lipinski definition) is 2. The zero-order chi connectivity index (χ0) is 16.2. The van der Waals surface area contributed by atoms with Crippen LogP contribution in [0.25, 0.3) is 0 Å². The fraction of sp³-hybridized carbons (Fsp3) is 0.538. The van der Waals surface area contributed by atoms with Crippen molar-refractivity contribution in [3.05, 3.63) is 12.2 Å². The van der Waals surface area contributed by atoms with Gasteiger partial charge in [-0.2, -0.15) is 0 Å². The molecular weight excluding hydrogens is 278 g/mol. The molecule has 8 heteroatoms. The number of carbonyl (C=O) groups excluding carboxylic acids is 4. The normalized spacial score (nSPS) is 18.4. The second kappa shape index (κ2) is 6.98. The highest BCUT2D eigenvalue weighted by Gasteiger charge is 2.33. The summed E-state index contributed by atoms with van der Waals surface area (Å²) in [6.07, 6.45) is 0.911. The van der Waals surface area contributed by atoms with Crippen LogP contribution in [0.2, 0.25) is 0 Å². The third-order valence-corrected chi connectivity index (χ3v) is 3.05. The van der Waals surface area contributed by atoms with Crippen LogP contribution in [0.1, 0.15) is 20.8 Å². The lowest BCUT2D eigenvalue weighted by Gasteiger charge is -2.24. The molecular formula is C13H19N3O5. The number of hydrogen-bond acceptors (Lipinski definition) is 5. The third-order valence-electron chi connectivity index (χ3n) is 3.05. The lowest BCUT2D eigenvalue weighted by Crippen LogP contribution is -2.54. The van der Waals surface area contributed by atoms with Crippen molar-refractivity contribution in [2.45, 2.75) is 39.1 Å². The van der Waals surface area contributed by atoms with E-state index in [2.05, 4.69) is 10.6 Å². The third kappa shape index (κ3) is 4.12. The molecule has 1 aliphatic rings. The average Bonchev–Trinajstić information content (AvgIpc) is 2.75. The molecule has 21 heavy (non-hydrogen) atoms. The van der Waals surface area contributed by atoms with E-state index in [-0.39, 0.29) is 5.91 Å². The van der Waals surface area contributed by atoms with E-state index >= 15 is 0 Å². The van der Waals surface area contributed by atoms with Gasteiger partial charge in [0, 0.05) is 19.3 Å². The number of imide groups is 1. The van der Waals surface area contributed by atoms with Crippen molar-refractivity contribution < 1.29 is 23.9 Å². The Kier molecular flexibility index (Phi) is 5.60. The van der Waals surface area contributed by atoms with Gasteiger partial charge in [0.1, 0.15) is 12.1 Å². The largest absolute Gasteiger partial charge is 0.372 e. The summed E-state index contributed by atoms with van der Waals surface area (Å²) in [5.41, 5.74) is 0. The smallest absolute Gasteiger partial charge is 0.254 e. The lowest BCUT2D eigenvalue weighted by molar-refractivity contribution is -0.145. The minimum atomic E-state index is -0.959. The SMILES string of the molecule is COC(C)C(=O)NC(C)NC(=O)C(C)N1C(=O)C=CC1=O. The number of carbonyl (C=O) groups is 4. The van der Waals surface area contributed by atoms with Gasteiger partial charge in [0.05, 0.1) is 6.17 Å². The predicted molar refractivity (Wildman–Crippen MR) is 72.7 cm³/mol. The zero-order valence-electron chi connectivity index (χ0n) is 12.4. The van der Waals surface area contributed by atoms with Crippen LogP contribution in [0.15, 0.2) is 12.2 Å². The van der Waals surface area contributed by atoms with Crippen molar-refractivity contribution in [2.75, 3.05) is 7.11 Å². The zero-order valence-corrected chi connectivity index (χ0v) is 12.4. The van der Waals surface area contributed by atoms with Gasteiger partial charge in [-0.15, -0.1) is 0 Å². The van der Waals surface area contributed by atoms with E-state index in [0.717, 1.165) is 17.1 Å². The first kappa shape index (κ1) is 16.8. The highest BCUT2D eigenvalue weighted by Crippen LogP contribution is 2.09. The van der Waals surface area contributed by atoms with Crippen molar-refractivity contribution in [1.29, 1.82) is 0 Å². The van der Waals surface area contributed by atoms with Gasteiger partial charge in [0.15, 0.2) is 0 Å². The molecule has 3 atom stereocenters. The molecule has 116 valence electrons. The Labute approximate surface area is 122 Å². The number of nitrogens with one attached hydrogen (secondary N) is 2. The second-order valence-corrected chi connectivity index (χ2v) is 4.67. The Bertz CT molecular complexity index is 470. The van der Waals surface area contributed by atoms with Gasteiger partial charge in [0.2, 0.25) is 11.8 Å². The maximum absolute atomic E-state index is 12.0. The van der Waals surface area contributed by atoms with Crippen molar-refractivity contribution in [3.63, 3.8) is 0 Å². The number of rotatable bonds is 6. The first-order valence-electron chi connectivity index (χ1n) is 6.46. The van der Waals surface area contributed by atoms with E-state index in [1.807, 2.05) is 0 Å². The fourth-order valence-electron chi connectivity index (χ4n) is 1.72. The highest BCUT2D eigenvalue weighted by atomic mass is 16.5. The molecule has 1 aliphatic heterocycles. The van der Waals surface area contributed by atoms with Crippen LogP contribution in [0.3, 0.4) is 0 Å². The average molecular weight is 297 g/mol. The Morgan fingerprint density at radius 1 is 1.05 bits per heavy atom. The monoisotopic (exact) mass is 297 g/mol. The first-order valence-corrected chi connectivity index (χ1v) is 6.46. The van der Waals surface area contributed by atoms with Crippen LogP contribution in [0.4, 0.5) is 0 Å². The molecule has 0 fully saturated rings. The molecule has 1 rings (SSSR count). The maximum atomic E-state index is 12.0. The summed E-state index contributed by atoms with van der Waals surface area (Å²) in [6.45, 7) is 4.57. The molecule has 0 spiro atoms. The van der Waals surface area contributed by atoms with Crippen molar-refractivity contribution >= 4 is 23.6 Å². The number of methoxy groups -OCH3 is 1. The van der Waals surface area contributed by atoms with Gasteiger partial charge >= 0.3 is 0 Å². The quantitative estimate of drug-likeness (QED) is 0.479. The minimum Gasteiger partial charge on any atom is -0.372 e. The van der Waals surface area contributed by atoms with Crippen LogP contribution in [0.5, 0.6) is 0 Å². The molecule has 0 aromatic carbocycles. The number of nitrogens with zero attached hydrogens (tertiary/aromatic N) is 1. The molecule has 4 amide bonds. The maximum Gasteiger partial charge on any atom is 0.254 e. The molecule has 0 aliphatic carbocycles. The predicted octanol–water partition coefficient (Wildman–Crippen LogP) is -1.09. The second-order valence-electron chi connectivity index (χ2n) is 4.67. The molecule has 0 saturated heterocycles. The highest BCUT2D eigenvalue weighted by molar-refractivity contribution is 6.15. The van der Waals surface area contributed by atoms with Crippen molar-refractivity contribution in [2.24, 2.45) is 0 Å². The van der Waals surface area contributed by atoms with E-state index in [1.165, 1.54) is 14.0 Å². The standard InChI is InChI=1S/C13H19N3O5/c1-7(16-10(17)5-6-11(16)18)12(19)14-9(3)15-13(20)8(2)21-4/h5-9H,1-4H3,(H,14,19)(H,15,20). The molecule has 2 N–H and O–H groups in total. The molecule has 0 aromatic heterocycles. The Morgan fingerprint density at radius 2 is 1.52 bits per heavy atom. The molecule has 1 heterocycles. The summed E-state index contributed by atoms with van der Waals surface area (Å²) in [5.74, 6) is -1.99. The molecule has 0 bridgehead atoms. The summed E-state index contributed by atoms with van der Waals surface area (Å²) in [6, 6.07) is -0.959. The van der Waals surface area contributed by atoms with Gasteiger partial charge < -0.3 is 15.4 Å². The van der Waals surface area contributed by atoms with E-state index < -0.39 is 36.0 Å². The summed E-state index contributed by atoms with van der Waals surface area (Å²) in [5, 5.41) is 5.04. The number of ether oxygens (including phenoxy) is 1. The van der Waals surface area contributed by atoms with Gasteiger partial charge in [-0.3, -0.25) is 24.1 Å². The van der Waals surface area contributed by atoms with E-state index in [9.17, 15) is 19.2 Å². The van der Waals surface area contributed by atoms with E-state index in [4.69, 9.17) is 4.74 Å². The van der Waals surface area contributed by atoms with Crippen molar-refractivity contribution in [3.8, 4) is 0 Å². The van der Waals surface area contributed by atoms with Gasteiger partial charge in [0.25, 0.3) is 11.8 Å². The summed E-state index contributed by atoms with van der Waals surface area (Å²) in [7, 11) is 1.40. The van der Waals surface area contributed by atoms with Crippen LogP contribution < -0.4 is 10.6 Å². The van der Waals surface area contributed by atoms with Gasteiger partial charge in [-0.1, -0.05) is 0 Å². The molecule has 0 radical (unpaired) electrons. The Hall–Kier alpha value is -2.22. The lowest BCUT2D eigenvalue weighted by atomic mass is 10.2. The number of amides is 4. The Morgan fingerprint density at radius 3 is 2.00 bits per heavy atom. The van der Waals surface area contributed by atoms with Crippen LogP contribution in [0, 0.1) is 0 Å². The van der Waals surface area contributed by atoms with Crippen LogP contribution >= 0.6 is 0 Å². The molecule has 0 aromatic rings. The van der Waals surface area contributed by atoms with Crippen LogP contribution in [-0.4, -0.2) is 54.0 Å². The first-order chi connectivity index (χ1) is 9.77. The van der Waals surface area contributed by atoms with E-state index in [0.29, 0.717) is 0 Å². The summed E-state index contributed by atoms with van der Waals surface area (Å²) in [4.78, 5) is 47.4. The van der Waals surface area contributed by atoms with Crippen LogP contribution in [-0.2, 0) is 23.9 Å². The van der Waals surface area contributed by atoms with Crippen molar-refractivity contribution in [1.82, 2.24) is 15.5 Å². The van der Waals surface area contributed by atoms with Gasteiger partial charge in [-0.25, -0.2) is 0 Å². The summed E-state index contributed by atoms with van der Waals surface area (Å²) < 4.78 is 4.84. The van der Waals surface area contributed by atoms with Gasteiger partial charge in [-0.05, 0) is 20.8 Å². The fourth-order valence-corrected chi connectivity index (χ4v) is 1.72. The minimum absolute atomic E-state index is 0.382.